The maximum absolute atomic E-state index is 9.83. The summed E-state index contributed by atoms with van der Waals surface area (Å²) in [5, 5.41) is 13.9. The summed E-state index contributed by atoms with van der Waals surface area (Å²) >= 11 is 1.64. The molecule has 0 saturated carbocycles. The Morgan fingerprint density at radius 1 is 1.43 bits per heavy atom. The van der Waals surface area contributed by atoms with Crippen LogP contribution in [0, 0.1) is 0 Å². The van der Waals surface area contributed by atoms with Gasteiger partial charge in [-0.25, -0.2) is 0 Å². The number of hydrogen-bond acceptors (Lipinski definition) is 3. The molecule has 0 saturated heterocycles. The summed E-state index contributed by atoms with van der Waals surface area (Å²) in [4.78, 5) is 2.33. The maximum Gasteiger partial charge on any atom is 0.0810 e. The molecule has 1 aromatic rings. The standard InChI is InChI=1S/C11H19NOS/c1-3-12(4-2)7-5-11(13)10-6-8-14-9-10/h6,8-9,11,13H,3-5,7H2,1-2H3. The SMILES string of the molecule is CCN(CC)CCC(O)c1ccsc1. The van der Waals surface area contributed by atoms with Gasteiger partial charge in [-0.1, -0.05) is 13.8 Å². The number of hydrogen-bond donors (Lipinski definition) is 1. The Hall–Kier alpha value is -0.380. The summed E-state index contributed by atoms with van der Waals surface area (Å²) in [6.07, 6.45) is 0.542. The minimum atomic E-state index is -0.290. The molecule has 1 rings (SSSR count). The fraction of sp³-hybridized carbons (Fsp3) is 0.636. The Labute approximate surface area is 90.2 Å². The second-order valence-electron chi connectivity index (χ2n) is 3.39. The molecule has 0 aliphatic heterocycles. The Kier molecular flexibility index (Phi) is 5.15. The van der Waals surface area contributed by atoms with Crippen molar-refractivity contribution in [2.45, 2.75) is 26.4 Å². The van der Waals surface area contributed by atoms with Gasteiger partial charge in [-0.15, -0.1) is 0 Å². The highest BCUT2D eigenvalue weighted by molar-refractivity contribution is 7.07. The molecule has 1 N–H and O–H groups in total. The summed E-state index contributed by atoms with van der Waals surface area (Å²) < 4.78 is 0. The summed E-state index contributed by atoms with van der Waals surface area (Å²) in [7, 11) is 0. The first kappa shape index (κ1) is 11.7. The number of nitrogens with zero attached hydrogens (tertiary/aromatic N) is 1. The molecule has 0 aromatic carbocycles. The van der Waals surface area contributed by atoms with Crippen LogP contribution in [0.5, 0.6) is 0 Å². The lowest BCUT2D eigenvalue weighted by molar-refractivity contribution is 0.145. The average Bonchev–Trinajstić information content (AvgIpc) is 2.72. The van der Waals surface area contributed by atoms with Gasteiger partial charge in [0.1, 0.15) is 0 Å². The van der Waals surface area contributed by atoms with E-state index in [1.165, 1.54) is 0 Å². The van der Waals surface area contributed by atoms with Crippen molar-refractivity contribution in [2.75, 3.05) is 19.6 Å². The Morgan fingerprint density at radius 3 is 2.64 bits per heavy atom. The van der Waals surface area contributed by atoms with Crippen molar-refractivity contribution in [1.82, 2.24) is 4.90 Å². The van der Waals surface area contributed by atoms with Gasteiger partial charge in [-0.05, 0) is 41.9 Å². The molecule has 1 heterocycles. The lowest BCUT2D eigenvalue weighted by Crippen LogP contribution is -2.25. The van der Waals surface area contributed by atoms with E-state index in [-0.39, 0.29) is 6.10 Å². The molecule has 1 aromatic heterocycles. The van der Waals surface area contributed by atoms with Crippen LogP contribution in [0.3, 0.4) is 0 Å². The third-order valence-electron chi connectivity index (χ3n) is 2.54. The van der Waals surface area contributed by atoms with Crippen LogP contribution in [0.15, 0.2) is 16.8 Å². The van der Waals surface area contributed by atoms with Gasteiger partial charge in [0.2, 0.25) is 0 Å². The van der Waals surface area contributed by atoms with Gasteiger partial charge < -0.3 is 10.0 Å². The Balaban J connectivity index is 2.31. The van der Waals surface area contributed by atoms with Gasteiger partial charge >= 0.3 is 0 Å². The van der Waals surface area contributed by atoms with E-state index in [1.807, 2.05) is 16.8 Å². The number of thiophene rings is 1. The quantitative estimate of drug-likeness (QED) is 0.785. The lowest BCUT2D eigenvalue weighted by atomic mass is 10.1. The van der Waals surface area contributed by atoms with E-state index in [0.717, 1.165) is 31.6 Å². The van der Waals surface area contributed by atoms with Gasteiger partial charge in [-0.3, -0.25) is 0 Å². The largest absolute Gasteiger partial charge is 0.388 e. The van der Waals surface area contributed by atoms with Crippen LogP contribution in [0.1, 0.15) is 31.9 Å². The van der Waals surface area contributed by atoms with Gasteiger partial charge in [-0.2, -0.15) is 11.3 Å². The molecule has 0 aliphatic carbocycles. The zero-order valence-corrected chi connectivity index (χ0v) is 9.76. The first-order valence-electron chi connectivity index (χ1n) is 5.20. The van der Waals surface area contributed by atoms with Crippen molar-refractivity contribution in [1.29, 1.82) is 0 Å². The molecule has 3 heteroatoms. The highest BCUT2D eigenvalue weighted by Gasteiger charge is 2.09. The lowest BCUT2D eigenvalue weighted by Gasteiger charge is -2.19. The number of rotatable bonds is 6. The van der Waals surface area contributed by atoms with Crippen LogP contribution in [0.4, 0.5) is 0 Å². The Morgan fingerprint density at radius 2 is 2.14 bits per heavy atom. The van der Waals surface area contributed by atoms with E-state index in [4.69, 9.17) is 0 Å². The number of aliphatic hydroxyl groups excluding tert-OH is 1. The normalized spacial score (nSPS) is 13.4. The topological polar surface area (TPSA) is 23.5 Å². The molecule has 80 valence electrons. The third kappa shape index (κ3) is 3.40. The Bertz CT molecular complexity index is 231. The molecule has 1 unspecified atom stereocenters. The predicted molar refractivity (Wildman–Crippen MR) is 61.7 cm³/mol. The fourth-order valence-electron chi connectivity index (χ4n) is 1.48. The average molecular weight is 213 g/mol. The predicted octanol–water partition coefficient (Wildman–Crippen LogP) is 2.51. The molecule has 0 radical (unpaired) electrons. The summed E-state index contributed by atoms with van der Waals surface area (Å²) in [6.45, 7) is 7.41. The summed E-state index contributed by atoms with van der Waals surface area (Å²) in [5.41, 5.74) is 1.06. The zero-order valence-electron chi connectivity index (χ0n) is 8.94. The molecule has 0 spiro atoms. The van der Waals surface area contributed by atoms with Crippen molar-refractivity contribution in [3.8, 4) is 0 Å². The second kappa shape index (κ2) is 6.17. The molecular weight excluding hydrogens is 194 g/mol. The highest BCUT2D eigenvalue weighted by Crippen LogP contribution is 2.19. The first-order valence-corrected chi connectivity index (χ1v) is 6.14. The zero-order chi connectivity index (χ0) is 10.4. The van der Waals surface area contributed by atoms with Crippen LogP contribution >= 0.6 is 11.3 Å². The molecule has 0 bridgehead atoms. The molecule has 14 heavy (non-hydrogen) atoms. The van der Waals surface area contributed by atoms with E-state index in [1.54, 1.807) is 11.3 Å². The smallest absolute Gasteiger partial charge is 0.0810 e. The van der Waals surface area contributed by atoms with Crippen LogP contribution in [-0.4, -0.2) is 29.6 Å². The van der Waals surface area contributed by atoms with Crippen LogP contribution < -0.4 is 0 Å². The maximum atomic E-state index is 9.83. The van der Waals surface area contributed by atoms with E-state index in [2.05, 4.69) is 18.7 Å². The van der Waals surface area contributed by atoms with E-state index in [0.29, 0.717) is 0 Å². The molecule has 0 amide bonds. The van der Waals surface area contributed by atoms with Crippen molar-refractivity contribution >= 4 is 11.3 Å². The molecule has 2 nitrogen and oxygen atoms in total. The van der Waals surface area contributed by atoms with Gasteiger partial charge in [0, 0.05) is 6.54 Å². The monoisotopic (exact) mass is 213 g/mol. The summed E-state index contributed by atoms with van der Waals surface area (Å²) in [6, 6.07) is 2.00. The van der Waals surface area contributed by atoms with Gasteiger partial charge in [0.05, 0.1) is 6.10 Å². The number of aliphatic hydroxyl groups is 1. The molecule has 0 fully saturated rings. The third-order valence-corrected chi connectivity index (χ3v) is 3.24. The first-order chi connectivity index (χ1) is 6.77. The van der Waals surface area contributed by atoms with Gasteiger partial charge in [0.15, 0.2) is 0 Å². The minimum Gasteiger partial charge on any atom is -0.388 e. The van der Waals surface area contributed by atoms with E-state index >= 15 is 0 Å². The van der Waals surface area contributed by atoms with Crippen LogP contribution in [0.2, 0.25) is 0 Å². The van der Waals surface area contributed by atoms with E-state index < -0.39 is 0 Å². The van der Waals surface area contributed by atoms with Crippen molar-refractivity contribution in [3.63, 3.8) is 0 Å². The highest BCUT2D eigenvalue weighted by atomic mass is 32.1. The molecule has 1 atom stereocenters. The van der Waals surface area contributed by atoms with Crippen LogP contribution in [-0.2, 0) is 0 Å². The minimum absolute atomic E-state index is 0.290. The van der Waals surface area contributed by atoms with Crippen molar-refractivity contribution in [2.24, 2.45) is 0 Å². The van der Waals surface area contributed by atoms with Crippen molar-refractivity contribution < 1.29 is 5.11 Å². The summed E-state index contributed by atoms with van der Waals surface area (Å²) in [5.74, 6) is 0. The fourth-order valence-corrected chi connectivity index (χ4v) is 2.18. The van der Waals surface area contributed by atoms with Gasteiger partial charge in [0.25, 0.3) is 0 Å². The second-order valence-corrected chi connectivity index (χ2v) is 4.17. The van der Waals surface area contributed by atoms with Crippen LogP contribution in [0.25, 0.3) is 0 Å². The van der Waals surface area contributed by atoms with E-state index in [9.17, 15) is 5.11 Å². The molecular formula is C11H19NOS. The van der Waals surface area contributed by atoms with Crippen molar-refractivity contribution in [3.05, 3.63) is 22.4 Å². The molecule has 0 aliphatic rings.